The average Bonchev–Trinajstić information content (AvgIpc) is 2.48. The van der Waals surface area contributed by atoms with E-state index in [9.17, 15) is 18.0 Å². The number of carbonyl (C=O) groups excluding carboxylic acids is 1. The molecule has 0 aromatic heterocycles. The largest absolute Gasteiger partial charge is 0.397 e. The van der Waals surface area contributed by atoms with Gasteiger partial charge in [0.25, 0.3) is 0 Å². The summed E-state index contributed by atoms with van der Waals surface area (Å²) in [4.78, 5) is 10.9. The van der Waals surface area contributed by atoms with E-state index in [0.29, 0.717) is 19.3 Å². The number of nitriles is 1. The van der Waals surface area contributed by atoms with Crippen LogP contribution in [0.15, 0.2) is 0 Å². The van der Waals surface area contributed by atoms with Gasteiger partial charge in [0.2, 0.25) is 5.91 Å². The summed E-state index contributed by atoms with van der Waals surface area (Å²) < 4.78 is 35.4. The Bertz CT molecular complexity index is 282. The van der Waals surface area contributed by atoms with Crippen LogP contribution in [-0.4, -0.2) is 18.1 Å². The fourth-order valence-electron chi connectivity index (χ4n) is 1.69. The second-order valence-corrected chi connectivity index (χ2v) is 3.70. The van der Waals surface area contributed by atoms with Crippen molar-refractivity contribution in [3.63, 3.8) is 0 Å². The van der Waals surface area contributed by atoms with Gasteiger partial charge in [-0.2, -0.15) is 18.4 Å². The first kappa shape index (κ1) is 11.8. The topological polar surface area (TPSA) is 52.9 Å². The molecule has 1 aliphatic carbocycles. The van der Waals surface area contributed by atoms with Gasteiger partial charge in [-0.25, -0.2) is 0 Å². The van der Waals surface area contributed by atoms with E-state index in [-0.39, 0.29) is 12.0 Å². The SMILES string of the molecule is N#C[C@H]1CC[C@@H](NC(=O)CC(F)(F)F)C1. The van der Waals surface area contributed by atoms with Gasteiger partial charge in [0, 0.05) is 12.0 Å². The van der Waals surface area contributed by atoms with Crippen molar-refractivity contribution in [1.29, 1.82) is 5.26 Å². The van der Waals surface area contributed by atoms with Crippen LogP contribution in [0.1, 0.15) is 25.7 Å². The summed E-state index contributed by atoms with van der Waals surface area (Å²) in [6, 6.07) is 1.77. The fraction of sp³-hybridized carbons (Fsp3) is 0.778. The van der Waals surface area contributed by atoms with E-state index in [4.69, 9.17) is 5.26 Å². The zero-order valence-electron chi connectivity index (χ0n) is 7.97. The lowest BCUT2D eigenvalue weighted by atomic mass is 10.1. The van der Waals surface area contributed by atoms with Gasteiger partial charge in [0.15, 0.2) is 0 Å². The third-order valence-electron chi connectivity index (χ3n) is 2.34. The highest BCUT2D eigenvalue weighted by Crippen LogP contribution is 2.25. The number of alkyl halides is 3. The molecule has 1 fully saturated rings. The summed E-state index contributed by atoms with van der Waals surface area (Å²) in [7, 11) is 0. The van der Waals surface area contributed by atoms with E-state index in [0.717, 1.165) is 0 Å². The Morgan fingerprint density at radius 3 is 2.60 bits per heavy atom. The third-order valence-corrected chi connectivity index (χ3v) is 2.34. The highest BCUT2D eigenvalue weighted by atomic mass is 19.4. The lowest BCUT2D eigenvalue weighted by Gasteiger charge is -2.12. The summed E-state index contributed by atoms with van der Waals surface area (Å²) in [5.41, 5.74) is 0. The summed E-state index contributed by atoms with van der Waals surface area (Å²) in [6.07, 6.45) is -4.21. The van der Waals surface area contributed by atoms with Gasteiger partial charge in [-0.05, 0) is 19.3 Å². The summed E-state index contributed by atoms with van der Waals surface area (Å²) in [5.74, 6) is -1.15. The summed E-state index contributed by atoms with van der Waals surface area (Å²) in [5, 5.41) is 10.9. The van der Waals surface area contributed by atoms with Gasteiger partial charge in [-0.1, -0.05) is 0 Å². The van der Waals surface area contributed by atoms with E-state index in [1.807, 2.05) is 6.07 Å². The molecule has 1 amide bonds. The Kier molecular flexibility index (Phi) is 3.56. The van der Waals surface area contributed by atoms with Gasteiger partial charge >= 0.3 is 6.18 Å². The molecule has 1 rings (SSSR count). The molecule has 84 valence electrons. The quantitative estimate of drug-likeness (QED) is 0.770. The molecular weight excluding hydrogens is 209 g/mol. The van der Waals surface area contributed by atoms with Gasteiger partial charge in [-0.15, -0.1) is 0 Å². The van der Waals surface area contributed by atoms with Crippen LogP contribution in [0.2, 0.25) is 0 Å². The van der Waals surface area contributed by atoms with Gasteiger partial charge < -0.3 is 5.32 Å². The monoisotopic (exact) mass is 220 g/mol. The highest BCUT2D eigenvalue weighted by Gasteiger charge is 2.33. The Morgan fingerprint density at radius 2 is 2.13 bits per heavy atom. The zero-order chi connectivity index (χ0) is 11.5. The molecule has 2 atom stereocenters. The first-order valence-electron chi connectivity index (χ1n) is 4.66. The number of halogens is 3. The van der Waals surface area contributed by atoms with Crippen molar-refractivity contribution in [3.8, 4) is 6.07 Å². The zero-order valence-corrected chi connectivity index (χ0v) is 7.97. The fourth-order valence-corrected chi connectivity index (χ4v) is 1.69. The van der Waals surface area contributed by atoms with Crippen LogP contribution in [0.3, 0.4) is 0 Å². The van der Waals surface area contributed by atoms with Crippen LogP contribution in [0.25, 0.3) is 0 Å². The summed E-state index contributed by atoms with van der Waals surface area (Å²) >= 11 is 0. The highest BCUT2D eigenvalue weighted by molar-refractivity contribution is 5.76. The van der Waals surface area contributed by atoms with E-state index >= 15 is 0 Å². The van der Waals surface area contributed by atoms with Crippen molar-refractivity contribution in [2.24, 2.45) is 5.92 Å². The maximum atomic E-state index is 11.8. The standard InChI is InChI=1S/C9H11F3N2O/c10-9(11,12)4-8(15)14-7-2-1-6(3-7)5-13/h6-7H,1-4H2,(H,14,15)/t6-,7+/m0/s1. The average molecular weight is 220 g/mol. The lowest BCUT2D eigenvalue weighted by molar-refractivity contribution is -0.154. The number of nitrogens with zero attached hydrogens (tertiary/aromatic N) is 1. The normalized spacial score (nSPS) is 26.0. The van der Waals surface area contributed by atoms with E-state index in [1.54, 1.807) is 0 Å². The molecule has 1 aliphatic rings. The molecular formula is C9H11F3N2O. The molecule has 0 saturated heterocycles. The molecule has 1 saturated carbocycles. The smallest absolute Gasteiger partial charge is 0.353 e. The molecule has 0 aromatic rings. The van der Waals surface area contributed by atoms with Gasteiger partial charge in [-0.3, -0.25) is 4.79 Å². The summed E-state index contributed by atoms with van der Waals surface area (Å²) in [6.45, 7) is 0. The molecule has 6 heteroatoms. The molecule has 15 heavy (non-hydrogen) atoms. The molecule has 0 spiro atoms. The molecule has 3 nitrogen and oxygen atoms in total. The third kappa shape index (κ3) is 4.19. The second-order valence-electron chi connectivity index (χ2n) is 3.70. The van der Waals surface area contributed by atoms with E-state index in [2.05, 4.69) is 5.32 Å². The number of amides is 1. The molecule has 0 unspecified atom stereocenters. The number of hydrogen-bond donors (Lipinski definition) is 1. The number of nitrogens with one attached hydrogen (secondary N) is 1. The van der Waals surface area contributed by atoms with Crippen molar-refractivity contribution in [3.05, 3.63) is 0 Å². The maximum absolute atomic E-state index is 11.8. The van der Waals surface area contributed by atoms with Crippen molar-refractivity contribution in [2.45, 2.75) is 37.9 Å². The van der Waals surface area contributed by atoms with Crippen molar-refractivity contribution in [2.75, 3.05) is 0 Å². The van der Waals surface area contributed by atoms with Crippen LogP contribution < -0.4 is 5.32 Å². The first-order valence-corrected chi connectivity index (χ1v) is 4.66. The van der Waals surface area contributed by atoms with E-state index in [1.165, 1.54) is 0 Å². The molecule has 0 aliphatic heterocycles. The van der Waals surface area contributed by atoms with Crippen LogP contribution >= 0.6 is 0 Å². The van der Waals surface area contributed by atoms with Gasteiger partial charge in [0.1, 0.15) is 6.42 Å². The molecule has 0 radical (unpaired) electrons. The van der Waals surface area contributed by atoms with E-state index < -0.39 is 18.5 Å². The number of carbonyl (C=O) groups is 1. The molecule has 0 heterocycles. The number of rotatable bonds is 2. The first-order chi connectivity index (χ1) is 6.90. The maximum Gasteiger partial charge on any atom is 0.397 e. The van der Waals surface area contributed by atoms with Crippen molar-refractivity contribution in [1.82, 2.24) is 5.32 Å². The van der Waals surface area contributed by atoms with Crippen molar-refractivity contribution >= 4 is 5.91 Å². The Labute approximate surface area is 85.3 Å². The minimum Gasteiger partial charge on any atom is -0.353 e. The number of hydrogen-bond acceptors (Lipinski definition) is 2. The second kappa shape index (κ2) is 4.51. The van der Waals surface area contributed by atoms with Crippen LogP contribution in [0, 0.1) is 17.2 Å². The minimum atomic E-state index is -4.46. The van der Waals surface area contributed by atoms with Crippen molar-refractivity contribution < 1.29 is 18.0 Å². The predicted octanol–water partition coefficient (Wildman–Crippen LogP) is 1.75. The Hall–Kier alpha value is -1.25. The molecule has 0 bridgehead atoms. The van der Waals surface area contributed by atoms with Crippen LogP contribution in [-0.2, 0) is 4.79 Å². The van der Waals surface area contributed by atoms with Gasteiger partial charge in [0.05, 0.1) is 6.07 Å². The Morgan fingerprint density at radius 1 is 1.47 bits per heavy atom. The molecule has 0 aromatic carbocycles. The van der Waals surface area contributed by atoms with Crippen LogP contribution in [0.5, 0.6) is 0 Å². The molecule has 1 N–H and O–H groups in total. The lowest BCUT2D eigenvalue weighted by Crippen LogP contribution is -2.35. The minimum absolute atomic E-state index is 0.138. The van der Waals surface area contributed by atoms with Crippen LogP contribution in [0.4, 0.5) is 13.2 Å². The Balaban J connectivity index is 2.32. The predicted molar refractivity (Wildman–Crippen MR) is 45.6 cm³/mol.